The standard InChI is InChI=1S/C18H29NO5S/c1-7-18(5,6)23-17(20)19-12-10-16(11-13-19)24-25(21,22)15(4)9-8-14(2)3/h8-9,16H,2,4,7,10-13H2,1,3,5-6H3/b9-8-. The Morgan fingerprint density at radius 1 is 1.24 bits per heavy atom. The van der Waals surface area contributed by atoms with E-state index in [4.69, 9.17) is 8.92 Å². The van der Waals surface area contributed by atoms with Crippen LogP contribution in [0.3, 0.4) is 0 Å². The molecule has 1 heterocycles. The summed E-state index contributed by atoms with van der Waals surface area (Å²) >= 11 is 0. The Bertz CT molecular complexity index is 640. The van der Waals surface area contributed by atoms with Gasteiger partial charge in [0.2, 0.25) is 0 Å². The molecule has 0 spiro atoms. The molecule has 0 N–H and O–H groups in total. The molecule has 0 aliphatic carbocycles. The van der Waals surface area contributed by atoms with E-state index in [1.165, 1.54) is 6.08 Å². The topological polar surface area (TPSA) is 72.9 Å². The first-order chi connectivity index (χ1) is 11.5. The average Bonchev–Trinajstić information content (AvgIpc) is 2.52. The van der Waals surface area contributed by atoms with Gasteiger partial charge in [0.15, 0.2) is 0 Å². The fourth-order valence-electron chi connectivity index (χ4n) is 2.07. The second-order valence-corrected chi connectivity index (χ2v) is 8.49. The van der Waals surface area contributed by atoms with Crippen molar-refractivity contribution in [3.8, 4) is 0 Å². The molecule has 0 saturated carbocycles. The van der Waals surface area contributed by atoms with Gasteiger partial charge in [-0.25, -0.2) is 4.79 Å². The molecule has 1 saturated heterocycles. The summed E-state index contributed by atoms with van der Waals surface area (Å²) < 4.78 is 35.0. The predicted molar refractivity (Wildman–Crippen MR) is 98.5 cm³/mol. The van der Waals surface area contributed by atoms with Gasteiger partial charge < -0.3 is 9.64 Å². The molecule has 0 aromatic carbocycles. The zero-order valence-corrected chi connectivity index (χ0v) is 16.4. The molecule has 0 aromatic heterocycles. The summed E-state index contributed by atoms with van der Waals surface area (Å²) in [7, 11) is -3.88. The van der Waals surface area contributed by atoms with Crippen LogP contribution in [0.2, 0.25) is 0 Å². The number of nitrogens with zero attached hydrogens (tertiary/aromatic N) is 1. The zero-order chi connectivity index (χ0) is 19.3. The van der Waals surface area contributed by atoms with E-state index in [0.29, 0.717) is 25.9 Å². The van der Waals surface area contributed by atoms with E-state index < -0.39 is 21.8 Å². The highest BCUT2D eigenvalue weighted by atomic mass is 32.2. The Labute approximate surface area is 151 Å². The Kier molecular flexibility index (Phi) is 7.44. The van der Waals surface area contributed by atoms with Crippen LogP contribution >= 0.6 is 0 Å². The minimum Gasteiger partial charge on any atom is -0.443 e. The summed E-state index contributed by atoms with van der Waals surface area (Å²) in [6.07, 6.45) is 3.67. The molecule has 1 amide bonds. The minimum absolute atomic E-state index is 0.109. The number of amides is 1. The summed E-state index contributed by atoms with van der Waals surface area (Å²) in [6, 6.07) is 0. The van der Waals surface area contributed by atoms with E-state index in [0.717, 1.165) is 12.0 Å². The van der Waals surface area contributed by atoms with E-state index in [1.54, 1.807) is 17.9 Å². The maximum absolute atomic E-state index is 12.1. The second kappa shape index (κ2) is 8.67. The summed E-state index contributed by atoms with van der Waals surface area (Å²) in [5.41, 5.74) is 0.208. The molecule has 25 heavy (non-hydrogen) atoms. The van der Waals surface area contributed by atoms with Gasteiger partial charge in [-0.1, -0.05) is 31.7 Å². The molecular weight excluding hydrogens is 342 g/mol. The van der Waals surface area contributed by atoms with Crippen molar-refractivity contribution in [1.82, 2.24) is 4.90 Å². The molecule has 1 rings (SSSR count). The maximum Gasteiger partial charge on any atom is 0.410 e. The van der Waals surface area contributed by atoms with Crippen LogP contribution < -0.4 is 0 Å². The van der Waals surface area contributed by atoms with E-state index in [-0.39, 0.29) is 11.0 Å². The molecule has 1 fully saturated rings. The van der Waals surface area contributed by atoms with Gasteiger partial charge in [0.05, 0.1) is 11.0 Å². The quantitative estimate of drug-likeness (QED) is 0.503. The lowest BCUT2D eigenvalue weighted by Gasteiger charge is -2.33. The molecular formula is C18H29NO5S. The third-order valence-corrected chi connectivity index (χ3v) is 5.36. The Morgan fingerprint density at radius 3 is 2.28 bits per heavy atom. The third-order valence-electron chi connectivity index (χ3n) is 4.05. The van der Waals surface area contributed by atoms with Crippen LogP contribution in [0.25, 0.3) is 0 Å². The van der Waals surface area contributed by atoms with Crippen molar-refractivity contribution in [2.24, 2.45) is 0 Å². The van der Waals surface area contributed by atoms with Gasteiger partial charge in [-0.05, 0) is 46.1 Å². The number of hydrogen-bond donors (Lipinski definition) is 0. The summed E-state index contributed by atoms with van der Waals surface area (Å²) in [6.45, 7) is 15.4. The highest BCUT2D eigenvalue weighted by Gasteiger charge is 2.30. The molecule has 1 aliphatic rings. The zero-order valence-electron chi connectivity index (χ0n) is 15.6. The first-order valence-electron chi connectivity index (χ1n) is 8.40. The number of rotatable bonds is 7. The summed E-state index contributed by atoms with van der Waals surface area (Å²) in [4.78, 5) is 13.6. The monoisotopic (exact) mass is 371 g/mol. The maximum atomic E-state index is 12.1. The van der Waals surface area contributed by atoms with Gasteiger partial charge in [-0.3, -0.25) is 4.18 Å². The highest BCUT2D eigenvalue weighted by Crippen LogP contribution is 2.22. The Morgan fingerprint density at radius 2 is 1.80 bits per heavy atom. The predicted octanol–water partition coefficient (Wildman–Crippen LogP) is 3.77. The van der Waals surface area contributed by atoms with E-state index in [1.807, 2.05) is 20.8 Å². The van der Waals surface area contributed by atoms with Gasteiger partial charge in [-0.2, -0.15) is 8.42 Å². The lowest BCUT2D eigenvalue weighted by atomic mass is 10.1. The molecule has 142 valence electrons. The normalized spacial score (nSPS) is 16.9. The molecule has 0 aromatic rings. The largest absolute Gasteiger partial charge is 0.443 e. The van der Waals surface area contributed by atoms with E-state index in [9.17, 15) is 13.2 Å². The van der Waals surface area contributed by atoms with Crippen LogP contribution in [-0.2, 0) is 19.0 Å². The fraction of sp³-hybridized carbons (Fsp3) is 0.611. The molecule has 0 atom stereocenters. The van der Waals surface area contributed by atoms with Crippen LogP contribution in [0, 0.1) is 0 Å². The van der Waals surface area contributed by atoms with Crippen LogP contribution in [0.5, 0.6) is 0 Å². The Hall–Kier alpha value is -1.60. The first kappa shape index (κ1) is 21.4. The van der Waals surface area contributed by atoms with Crippen LogP contribution in [0.1, 0.15) is 47.0 Å². The number of carbonyl (C=O) groups excluding carboxylic acids is 1. The number of likely N-dealkylation sites (tertiary alicyclic amines) is 1. The van der Waals surface area contributed by atoms with Crippen LogP contribution in [0.15, 0.2) is 35.8 Å². The van der Waals surface area contributed by atoms with Crippen LogP contribution in [-0.4, -0.2) is 44.2 Å². The van der Waals surface area contributed by atoms with Crippen molar-refractivity contribution in [2.45, 2.75) is 58.7 Å². The van der Waals surface area contributed by atoms with Gasteiger partial charge in [0.25, 0.3) is 10.1 Å². The van der Waals surface area contributed by atoms with Crippen LogP contribution in [0.4, 0.5) is 4.79 Å². The van der Waals surface area contributed by atoms with Gasteiger partial charge in [0.1, 0.15) is 5.60 Å². The number of hydrogen-bond acceptors (Lipinski definition) is 5. The number of allylic oxidation sites excluding steroid dienone is 3. The summed E-state index contributed by atoms with van der Waals surface area (Å²) in [5.74, 6) is 0. The van der Waals surface area contributed by atoms with Gasteiger partial charge in [-0.15, -0.1) is 0 Å². The third kappa shape index (κ3) is 7.04. The van der Waals surface area contributed by atoms with Crippen molar-refractivity contribution in [3.05, 3.63) is 35.8 Å². The van der Waals surface area contributed by atoms with E-state index in [2.05, 4.69) is 13.2 Å². The van der Waals surface area contributed by atoms with Gasteiger partial charge in [0, 0.05) is 13.1 Å². The molecule has 6 nitrogen and oxygen atoms in total. The fourth-order valence-corrected chi connectivity index (χ4v) is 2.98. The highest BCUT2D eigenvalue weighted by molar-refractivity contribution is 7.90. The molecule has 0 radical (unpaired) electrons. The minimum atomic E-state index is -3.88. The van der Waals surface area contributed by atoms with Crippen molar-refractivity contribution < 1.29 is 22.1 Å². The van der Waals surface area contributed by atoms with Crippen molar-refractivity contribution >= 4 is 16.2 Å². The number of ether oxygens (including phenoxy) is 1. The van der Waals surface area contributed by atoms with Crippen molar-refractivity contribution in [2.75, 3.05) is 13.1 Å². The molecule has 0 bridgehead atoms. The first-order valence-corrected chi connectivity index (χ1v) is 9.81. The number of carbonyl (C=O) groups is 1. The molecule has 1 aliphatic heterocycles. The lowest BCUT2D eigenvalue weighted by Crippen LogP contribution is -2.44. The van der Waals surface area contributed by atoms with Crippen molar-refractivity contribution in [1.29, 1.82) is 0 Å². The lowest BCUT2D eigenvalue weighted by molar-refractivity contribution is 0.00186. The van der Waals surface area contributed by atoms with E-state index >= 15 is 0 Å². The average molecular weight is 371 g/mol. The van der Waals surface area contributed by atoms with Gasteiger partial charge >= 0.3 is 6.09 Å². The molecule has 0 unspecified atom stereocenters. The van der Waals surface area contributed by atoms with Crippen molar-refractivity contribution in [3.63, 3.8) is 0 Å². The SMILES string of the molecule is C=C(C)/C=C\C(=C)S(=O)(=O)OC1CCN(C(=O)OC(C)(C)CC)CC1. The summed E-state index contributed by atoms with van der Waals surface area (Å²) in [5, 5.41) is 0. The smallest absolute Gasteiger partial charge is 0.410 e. The Balaban J connectivity index is 2.55. The molecule has 7 heteroatoms. The second-order valence-electron chi connectivity index (χ2n) is 6.86. The number of piperidine rings is 1.